The van der Waals surface area contributed by atoms with Gasteiger partial charge < -0.3 is 14.6 Å². The molecule has 0 atom stereocenters. The Morgan fingerprint density at radius 2 is 1.79 bits per heavy atom. The van der Waals surface area contributed by atoms with Crippen LogP contribution in [0.1, 0.15) is 38.8 Å². The molecular weight excluding hydrogens is 391 g/mol. The van der Waals surface area contributed by atoms with Crippen LogP contribution in [0.5, 0.6) is 0 Å². The number of thiophene rings is 1. The van der Waals surface area contributed by atoms with Gasteiger partial charge in [0.1, 0.15) is 11.6 Å². The fraction of sp³-hybridized carbons (Fsp3) is 0.273. The van der Waals surface area contributed by atoms with E-state index >= 15 is 0 Å². The van der Waals surface area contributed by atoms with Gasteiger partial charge in [0.2, 0.25) is 0 Å². The topological polar surface area (TPSA) is 62.6 Å². The number of benzene rings is 1. The first-order chi connectivity index (χ1) is 14.0. The third-order valence-corrected chi connectivity index (χ3v) is 6.15. The summed E-state index contributed by atoms with van der Waals surface area (Å²) in [4.78, 5) is 28.5. The lowest BCUT2D eigenvalue weighted by atomic mass is 10.0. The van der Waals surface area contributed by atoms with Gasteiger partial charge in [0, 0.05) is 24.0 Å². The molecule has 7 heteroatoms. The fourth-order valence-electron chi connectivity index (χ4n) is 3.42. The zero-order valence-electron chi connectivity index (χ0n) is 16.0. The SMILES string of the molecule is Cc1ccc(C(=O)NC2CCN(C(=O)c3ccc(-c4ccc(F)cc4)s3)CC2)o1. The van der Waals surface area contributed by atoms with Crippen molar-refractivity contribution in [1.29, 1.82) is 0 Å². The number of carbonyl (C=O) groups is 2. The van der Waals surface area contributed by atoms with E-state index in [9.17, 15) is 14.0 Å². The molecule has 3 heterocycles. The van der Waals surface area contributed by atoms with Crippen molar-refractivity contribution in [2.24, 2.45) is 0 Å². The minimum absolute atomic E-state index is 0.00482. The van der Waals surface area contributed by atoms with Crippen molar-refractivity contribution in [2.75, 3.05) is 13.1 Å². The first-order valence-electron chi connectivity index (χ1n) is 9.52. The third kappa shape index (κ3) is 4.40. The van der Waals surface area contributed by atoms with Gasteiger partial charge in [-0.1, -0.05) is 12.1 Å². The lowest BCUT2D eigenvalue weighted by molar-refractivity contribution is 0.0700. The maximum absolute atomic E-state index is 13.1. The Bertz CT molecular complexity index is 1020. The minimum atomic E-state index is -0.279. The highest BCUT2D eigenvalue weighted by Gasteiger charge is 2.26. The van der Waals surface area contributed by atoms with Crippen LogP contribution in [0.25, 0.3) is 10.4 Å². The Morgan fingerprint density at radius 3 is 2.45 bits per heavy atom. The molecule has 0 aliphatic carbocycles. The minimum Gasteiger partial charge on any atom is -0.456 e. The monoisotopic (exact) mass is 412 g/mol. The molecule has 0 radical (unpaired) electrons. The smallest absolute Gasteiger partial charge is 0.287 e. The van der Waals surface area contributed by atoms with Crippen molar-refractivity contribution in [3.63, 3.8) is 0 Å². The molecule has 4 rings (SSSR count). The predicted molar refractivity (Wildman–Crippen MR) is 110 cm³/mol. The summed E-state index contributed by atoms with van der Waals surface area (Å²) in [5, 5.41) is 2.98. The second kappa shape index (κ2) is 8.21. The van der Waals surface area contributed by atoms with Gasteiger partial charge in [-0.15, -0.1) is 11.3 Å². The highest BCUT2D eigenvalue weighted by atomic mass is 32.1. The molecule has 1 aliphatic heterocycles. The van der Waals surface area contributed by atoms with E-state index in [0.717, 1.165) is 10.4 Å². The summed E-state index contributed by atoms with van der Waals surface area (Å²) in [6.45, 7) is 2.97. The van der Waals surface area contributed by atoms with E-state index in [1.165, 1.54) is 23.5 Å². The third-order valence-electron chi connectivity index (χ3n) is 5.03. The van der Waals surface area contributed by atoms with Crippen LogP contribution in [0.2, 0.25) is 0 Å². The lowest BCUT2D eigenvalue weighted by Gasteiger charge is -2.32. The van der Waals surface area contributed by atoms with Crippen molar-refractivity contribution in [1.82, 2.24) is 10.2 Å². The van der Waals surface area contributed by atoms with E-state index < -0.39 is 0 Å². The van der Waals surface area contributed by atoms with Crippen LogP contribution in [0, 0.1) is 12.7 Å². The number of aryl methyl sites for hydroxylation is 1. The van der Waals surface area contributed by atoms with Crippen LogP contribution in [0.15, 0.2) is 52.9 Å². The molecule has 0 saturated carbocycles. The quantitative estimate of drug-likeness (QED) is 0.687. The summed E-state index contributed by atoms with van der Waals surface area (Å²) < 4.78 is 18.5. The molecule has 1 aliphatic rings. The summed E-state index contributed by atoms with van der Waals surface area (Å²) in [6, 6.07) is 13.4. The molecule has 3 aromatic rings. The number of nitrogens with one attached hydrogen (secondary N) is 1. The summed E-state index contributed by atoms with van der Waals surface area (Å²) in [7, 11) is 0. The van der Waals surface area contributed by atoms with Crippen LogP contribution < -0.4 is 5.32 Å². The summed E-state index contributed by atoms with van der Waals surface area (Å²) in [5.74, 6) is 0.512. The Labute approximate surface area is 172 Å². The van der Waals surface area contributed by atoms with Gasteiger partial charge in [0.15, 0.2) is 5.76 Å². The molecule has 1 aromatic carbocycles. The molecule has 0 spiro atoms. The fourth-order valence-corrected chi connectivity index (χ4v) is 4.40. The second-order valence-electron chi connectivity index (χ2n) is 7.12. The Hall–Kier alpha value is -2.93. The van der Waals surface area contributed by atoms with Crippen molar-refractivity contribution >= 4 is 23.2 Å². The largest absolute Gasteiger partial charge is 0.456 e. The molecule has 2 aromatic heterocycles. The second-order valence-corrected chi connectivity index (χ2v) is 8.20. The highest BCUT2D eigenvalue weighted by Crippen LogP contribution is 2.29. The lowest BCUT2D eigenvalue weighted by Crippen LogP contribution is -2.46. The number of likely N-dealkylation sites (tertiary alicyclic amines) is 1. The maximum Gasteiger partial charge on any atom is 0.287 e. The van der Waals surface area contributed by atoms with Gasteiger partial charge in [-0.2, -0.15) is 0 Å². The number of amides is 2. The zero-order chi connectivity index (χ0) is 20.4. The van der Waals surface area contributed by atoms with Gasteiger partial charge in [0.05, 0.1) is 4.88 Å². The molecule has 0 unspecified atom stereocenters. The average Bonchev–Trinajstić information content (AvgIpc) is 3.38. The summed E-state index contributed by atoms with van der Waals surface area (Å²) in [5.41, 5.74) is 0.894. The van der Waals surface area contributed by atoms with Crippen LogP contribution in [0.3, 0.4) is 0 Å². The molecule has 29 heavy (non-hydrogen) atoms. The number of hydrogen-bond donors (Lipinski definition) is 1. The molecular formula is C22H21FN2O3S. The number of rotatable bonds is 4. The molecule has 0 bridgehead atoms. The number of piperidine rings is 1. The zero-order valence-corrected chi connectivity index (χ0v) is 16.8. The number of furan rings is 1. The van der Waals surface area contributed by atoms with Crippen molar-refractivity contribution in [3.8, 4) is 10.4 Å². The Balaban J connectivity index is 1.33. The molecule has 2 amide bonds. The van der Waals surface area contributed by atoms with Gasteiger partial charge >= 0.3 is 0 Å². The van der Waals surface area contributed by atoms with Crippen LogP contribution in [-0.2, 0) is 0 Å². The predicted octanol–water partition coefficient (Wildman–Crippen LogP) is 4.49. The number of hydrogen-bond acceptors (Lipinski definition) is 4. The number of nitrogens with zero attached hydrogens (tertiary/aromatic N) is 1. The summed E-state index contributed by atoms with van der Waals surface area (Å²) >= 11 is 1.41. The van der Waals surface area contributed by atoms with E-state index in [1.807, 2.05) is 17.0 Å². The van der Waals surface area contributed by atoms with Crippen molar-refractivity contribution in [2.45, 2.75) is 25.8 Å². The Kier molecular flexibility index (Phi) is 5.49. The van der Waals surface area contributed by atoms with Gasteiger partial charge in [-0.05, 0) is 61.7 Å². The van der Waals surface area contributed by atoms with E-state index in [2.05, 4.69) is 5.32 Å². The van der Waals surface area contributed by atoms with Crippen molar-refractivity contribution in [3.05, 3.63) is 70.7 Å². The van der Waals surface area contributed by atoms with Crippen LogP contribution in [0.4, 0.5) is 4.39 Å². The molecule has 1 N–H and O–H groups in total. The van der Waals surface area contributed by atoms with Gasteiger partial charge in [-0.3, -0.25) is 9.59 Å². The molecule has 1 fully saturated rings. The van der Waals surface area contributed by atoms with Crippen LogP contribution >= 0.6 is 11.3 Å². The van der Waals surface area contributed by atoms with E-state index in [1.54, 1.807) is 31.2 Å². The van der Waals surface area contributed by atoms with E-state index in [-0.39, 0.29) is 23.7 Å². The standard InChI is InChI=1S/C22H21FN2O3S/c1-14-2-7-18(28-14)21(26)24-17-10-12-25(13-11-17)22(27)20-9-8-19(29-20)15-3-5-16(23)6-4-15/h2-9,17H,10-13H2,1H3,(H,24,26). The first kappa shape index (κ1) is 19.4. The first-order valence-corrected chi connectivity index (χ1v) is 10.3. The Morgan fingerprint density at radius 1 is 1.07 bits per heavy atom. The normalized spacial score (nSPS) is 14.8. The maximum atomic E-state index is 13.1. The number of halogens is 1. The molecule has 150 valence electrons. The van der Waals surface area contributed by atoms with E-state index in [0.29, 0.717) is 42.3 Å². The molecule has 5 nitrogen and oxygen atoms in total. The average molecular weight is 412 g/mol. The highest BCUT2D eigenvalue weighted by molar-refractivity contribution is 7.17. The van der Waals surface area contributed by atoms with E-state index in [4.69, 9.17) is 4.42 Å². The number of carbonyl (C=O) groups excluding carboxylic acids is 2. The van der Waals surface area contributed by atoms with Gasteiger partial charge in [0.25, 0.3) is 11.8 Å². The summed E-state index contributed by atoms with van der Waals surface area (Å²) in [6.07, 6.45) is 1.40. The van der Waals surface area contributed by atoms with Gasteiger partial charge in [-0.25, -0.2) is 4.39 Å². The van der Waals surface area contributed by atoms with Crippen molar-refractivity contribution < 1.29 is 18.4 Å². The molecule has 1 saturated heterocycles. The van der Waals surface area contributed by atoms with Crippen LogP contribution in [-0.4, -0.2) is 35.8 Å².